The van der Waals surface area contributed by atoms with Crippen LogP contribution in [-0.4, -0.2) is 23.6 Å². The van der Waals surface area contributed by atoms with Crippen LogP contribution in [0.3, 0.4) is 0 Å². The molecule has 0 amide bonds. The minimum absolute atomic E-state index is 0. The molecule has 0 atom stereocenters. The van der Waals surface area contributed by atoms with Gasteiger partial charge in [-0.25, -0.2) is 0 Å². The summed E-state index contributed by atoms with van der Waals surface area (Å²) in [5, 5.41) is 58.4. The summed E-state index contributed by atoms with van der Waals surface area (Å²) in [5.41, 5.74) is 4.30. The van der Waals surface area contributed by atoms with Crippen molar-refractivity contribution in [2.75, 3.05) is 0 Å². The Balaban J connectivity index is 0. The third-order valence-electron chi connectivity index (χ3n) is 5.98. The number of aliphatic imine (C=N–C) groups is 4. The van der Waals surface area contributed by atoms with E-state index in [9.17, 15) is 20.4 Å². The standard InChI is InChI=1S/4C8H9NO.2C7H5N.2Rh/c4*1-7(10)9-8-5-3-2-4-6-8;2*8-6-7-4-2-1-3-5-7;;/h4*2-6H,1H3,(H,9,10);2*1-5H;;/q;;;;;;2*+2/p-4. The number of rotatable bonds is 4. The fourth-order valence-corrected chi connectivity index (χ4v) is 3.76. The van der Waals surface area contributed by atoms with Gasteiger partial charge in [0.25, 0.3) is 0 Å². The summed E-state index contributed by atoms with van der Waals surface area (Å²) < 4.78 is 0. The molecule has 298 valence electrons. The van der Waals surface area contributed by atoms with Crippen LogP contribution in [0.15, 0.2) is 202 Å². The number of benzene rings is 6. The third kappa shape index (κ3) is 30.7. The monoisotopic (exact) mass is 948 g/mol. The fraction of sp³-hybridized carbons (Fsp3) is 0.0870. The van der Waals surface area contributed by atoms with Crippen LogP contribution in [0.1, 0.15) is 38.8 Å². The van der Waals surface area contributed by atoms with Crippen LogP contribution in [0.2, 0.25) is 0 Å². The van der Waals surface area contributed by atoms with Crippen molar-refractivity contribution in [1.82, 2.24) is 0 Å². The van der Waals surface area contributed by atoms with Crippen molar-refractivity contribution in [3.8, 4) is 12.1 Å². The van der Waals surface area contributed by atoms with Crippen molar-refractivity contribution >= 4 is 46.3 Å². The van der Waals surface area contributed by atoms with Crippen molar-refractivity contribution in [2.24, 2.45) is 20.0 Å². The first-order chi connectivity index (χ1) is 27.0. The second-order valence-corrected chi connectivity index (χ2v) is 10.8. The average Bonchev–Trinajstić information content (AvgIpc) is 3.20. The summed E-state index contributed by atoms with van der Waals surface area (Å²) in [7, 11) is 0. The van der Waals surface area contributed by atoms with Crippen LogP contribution in [0.4, 0.5) is 22.7 Å². The van der Waals surface area contributed by atoms with Gasteiger partial charge in [-0.15, -0.1) is 0 Å². The molecule has 2 radical (unpaired) electrons. The molecule has 0 heterocycles. The second kappa shape index (κ2) is 34.9. The van der Waals surface area contributed by atoms with Gasteiger partial charge in [0.1, 0.15) is 0 Å². The largest absolute Gasteiger partial charge is 2.00 e. The zero-order chi connectivity index (χ0) is 41.2. The van der Waals surface area contributed by atoms with Gasteiger partial charge in [0.15, 0.2) is 0 Å². The van der Waals surface area contributed by atoms with Crippen molar-refractivity contribution in [3.63, 3.8) is 0 Å². The summed E-state index contributed by atoms with van der Waals surface area (Å²) in [6.45, 7) is 5.75. The van der Waals surface area contributed by atoms with Gasteiger partial charge in [0.2, 0.25) is 0 Å². The van der Waals surface area contributed by atoms with Crippen molar-refractivity contribution in [1.29, 1.82) is 10.5 Å². The number of para-hydroxylation sites is 4. The van der Waals surface area contributed by atoms with E-state index in [1.165, 1.54) is 27.7 Å². The van der Waals surface area contributed by atoms with E-state index >= 15 is 0 Å². The minimum atomic E-state index is -0.161. The molecule has 0 spiro atoms. The molecule has 0 aromatic heterocycles. The van der Waals surface area contributed by atoms with Gasteiger partial charge in [-0.2, -0.15) is 10.5 Å². The summed E-state index contributed by atoms with van der Waals surface area (Å²) in [5.74, 6) is -0.644. The first kappa shape index (κ1) is 53.5. The van der Waals surface area contributed by atoms with Gasteiger partial charge in [-0.1, -0.05) is 109 Å². The van der Waals surface area contributed by atoms with Gasteiger partial charge >= 0.3 is 39.0 Å². The van der Waals surface area contributed by atoms with Crippen molar-refractivity contribution in [3.05, 3.63) is 193 Å². The molecule has 0 aliphatic heterocycles. The molecule has 0 bridgehead atoms. The van der Waals surface area contributed by atoms with E-state index in [1.54, 1.807) is 72.8 Å². The molecule has 6 rings (SSSR count). The number of nitriles is 2. The van der Waals surface area contributed by atoms with E-state index in [-0.39, 0.29) is 62.5 Å². The van der Waals surface area contributed by atoms with Crippen LogP contribution < -0.4 is 20.4 Å². The third-order valence-corrected chi connectivity index (χ3v) is 5.98. The SMILES string of the molecule is CC([O-])=Nc1ccccc1.CC([O-])=Nc1ccccc1.CC([O-])=Nc1ccccc1.CC([O-])=Nc1ccccc1.N#Cc1ccccc1.N#Cc1ccccc1.[Rh+2].[Rh+2]. The van der Waals surface area contributed by atoms with Crippen LogP contribution in [0, 0.1) is 22.7 Å². The Bertz CT molecular complexity index is 1850. The Kier molecular flexibility index (Phi) is 32.2. The van der Waals surface area contributed by atoms with Crippen molar-refractivity contribution < 1.29 is 59.4 Å². The molecule has 12 heteroatoms. The first-order valence-electron chi connectivity index (χ1n) is 17.0. The summed E-state index contributed by atoms with van der Waals surface area (Å²) in [6, 6.07) is 59.0. The summed E-state index contributed by atoms with van der Waals surface area (Å²) >= 11 is 0. The van der Waals surface area contributed by atoms with E-state index in [0.717, 1.165) is 22.7 Å². The van der Waals surface area contributed by atoms with Gasteiger partial charge in [0.05, 0.1) is 46.0 Å². The summed E-state index contributed by atoms with van der Waals surface area (Å²) in [4.78, 5) is 14.9. The molecule has 0 saturated heterocycles. The molecule has 0 unspecified atom stereocenters. The van der Waals surface area contributed by atoms with Crippen LogP contribution in [0.25, 0.3) is 0 Å². The Morgan fingerprint density at radius 3 is 0.603 bits per heavy atom. The van der Waals surface area contributed by atoms with Crippen LogP contribution >= 0.6 is 0 Å². The van der Waals surface area contributed by atoms with E-state index in [0.29, 0.717) is 11.1 Å². The number of hydrogen-bond donors (Lipinski definition) is 0. The predicted molar refractivity (Wildman–Crippen MR) is 219 cm³/mol. The smallest absolute Gasteiger partial charge is 0.862 e. The van der Waals surface area contributed by atoms with Gasteiger partial charge in [-0.05, 0) is 124 Å². The second-order valence-electron chi connectivity index (χ2n) is 10.8. The Labute approximate surface area is 367 Å². The molecule has 58 heavy (non-hydrogen) atoms. The van der Waals surface area contributed by atoms with Crippen LogP contribution in [-0.2, 0) is 39.0 Å². The number of nitrogens with zero attached hydrogens (tertiary/aromatic N) is 6. The average molecular weight is 949 g/mol. The molecule has 10 nitrogen and oxygen atoms in total. The van der Waals surface area contributed by atoms with E-state index in [1.807, 2.05) is 121 Å². The first-order valence-corrected chi connectivity index (χ1v) is 17.0. The summed E-state index contributed by atoms with van der Waals surface area (Å²) in [6.07, 6.45) is 0. The maximum Gasteiger partial charge on any atom is 2.00 e. The Hall–Kier alpha value is -6.57. The zero-order valence-electron chi connectivity index (χ0n) is 32.3. The Morgan fingerprint density at radius 1 is 0.328 bits per heavy atom. The molecule has 0 saturated carbocycles. The molecule has 0 aliphatic rings. The fourth-order valence-electron chi connectivity index (χ4n) is 3.76. The predicted octanol–water partition coefficient (Wildman–Crippen LogP) is 7.50. The maximum absolute atomic E-state index is 10.4. The van der Waals surface area contributed by atoms with Gasteiger partial charge < -0.3 is 20.4 Å². The molecule has 0 fully saturated rings. The normalized spacial score (nSPS) is 10.1. The minimum Gasteiger partial charge on any atom is -0.862 e. The maximum atomic E-state index is 10.4. The Morgan fingerprint density at radius 2 is 0.483 bits per heavy atom. The van der Waals surface area contributed by atoms with Crippen LogP contribution in [0.5, 0.6) is 0 Å². The van der Waals surface area contributed by atoms with Gasteiger partial charge in [-0.3, -0.25) is 20.0 Å². The molecular formula is C46H42N6O4Rh2. The quantitative estimate of drug-likeness (QED) is 0.0999. The van der Waals surface area contributed by atoms with Crippen molar-refractivity contribution in [2.45, 2.75) is 27.7 Å². The van der Waals surface area contributed by atoms with E-state index in [2.05, 4.69) is 20.0 Å². The number of hydrogen-bond acceptors (Lipinski definition) is 10. The van der Waals surface area contributed by atoms with E-state index < -0.39 is 0 Å². The van der Waals surface area contributed by atoms with E-state index in [4.69, 9.17) is 10.5 Å². The topological polar surface area (TPSA) is 189 Å². The molecule has 0 N–H and O–H groups in total. The van der Waals surface area contributed by atoms with Gasteiger partial charge in [0, 0.05) is 0 Å². The molecule has 6 aromatic rings. The molecule has 0 aliphatic carbocycles. The zero-order valence-corrected chi connectivity index (χ0v) is 35.6. The molecular weight excluding hydrogens is 906 g/mol. The molecule has 6 aromatic carbocycles.